The standard InChI is InChI=1S/C24H27FN6O/c1-15-5-7-19(13-29-22-16(2)11-18(25)12-28-22)31(14-15)24(32)21-20(8-6-17(3)30-21)23-26-9-4-10-27-23/h4,6,8-12,15,19H,5,7,13-14H2,1-3H3,(H,28,29)/t15-,19?/m0/s1. The highest BCUT2D eigenvalue weighted by molar-refractivity contribution is 5.98. The lowest BCUT2D eigenvalue weighted by Gasteiger charge is -2.39. The molecule has 7 nitrogen and oxygen atoms in total. The van der Waals surface area contributed by atoms with Gasteiger partial charge in [-0.25, -0.2) is 24.3 Å². The fraction of sp³-hybridized carbons (Fsp3) is 0.375. The summed E-state index contributed by atoms with van der Waals surface area (Å²) in [4.78, 5) is 33.0. The lowest BCUT2D eigenvalue weighted by Crippen LogP contribution is -2.49. The number of carbonyl (C=O) groups is 1. The molecule has 166 valence electrons. The van der Waals surface area contributed by atoms with E-state index in [1.165, 1.54) is 12.3 Å². The third-order valence-corrected chi connectivity index (χ3v) is 5.80. The summed E-state index contributed by atoms with van der Waals surface area (Å²) in [5, 5.41) is 3.30. The first-order valence-corrected chi connectivity index (χ1v) is 10.8. The summed E-state index contributed by atoms with van der Waals surface area (Å²) in [7, 11) is 0. The molecule has 1 amide bonds. The van der Waals surface area contributed by atoms with E-state index in [0.717, 1.165) is 24.1 Å². The lowest BCUT2D eigenvalue weighted by molar-refractivity contribution is 0.0560. The molecule has 1 N–H and O–H groups in total. The van der Waals surface area contributed by atoms with Crippen LogP contribution in [0.1, 0.15) is 41.5 Å². The highest BCUT2D eigenvalue weighted by Crippen LogP contribution is 2.27. The molecule has 1 aliphatic rings. The van der Waals surface area contributed by atoms with Gasteiger partial charge in [-0.05, 0) is 62.4 Å². The summed E-state index contributed by atoms with van der Waals surface area (Å²) in [6.45, 7) is 7.01. The molecule has 0 bridgehead atoms. The number of hydrogen-bond acceptors (Lipinski definition) is 6. The minimum Gasteiger partial charge on any atom is -0.368 e. The summed E-state index contributed by atoms with van der Waals surface area (Å²) in [6, 6.07) is 6.88. The predicted octanol–water partition coefficient (Wildman–Crippen LogP) is 4.04. The minimum absolute atomic E-state index is 0.0307. The summed E-state index contributed by atoms with van der Waals surface area (Å²) < 4.78 is 13.4. The van der Waals surface area contributed by atoms with Gasteiger partial charge in [0, 0.05) is 37.2 Å². The summed E-state index contributed by atoms with van der Waals surface area (Å²) in [6.07, 6.45) is 6.41. The van der Waals surface area contributed by atoms with E-state index in [4.69, 9.17) is 0 Å². The van der Waals surface area contributed by atoms with Gasteiger partial charge in [0.25, 0.3) is 5.91 Å². The Morgan fingerprint density at radius 3 is 2.72 bits per heavy atom. The molecule has 3 aromatic heterocycles. The van der Waals surface area contributed by atoms with Crippen molar-refractivity contribution >= 4 is 11.7 Å². The first-order valence-electron chi connectivity index (χ1n) is 10.8. The molecule has 1 fully saturated rings. The summed E-state index contributed by atoms with van der Waals surface area (Å²) in [5.41, 5.74) is 2.49. The van der Waals surface area contributed by atoms with Gasteiger partial charge in [0.1, 0.15) is 17.3 Å². The monoisotopic (exact) mass is 434 g/mol. The first kappa shape index (κ1) is 21.8. The second-order valence-corrected chi connectivity index (χ2v) is 8.41. The second-order valence-electron chi connectivity index (χ2n) is 8.41. The Balaban J connectivity index is 1.61. The number of rotatable bonds is 5. The highest BCUT2D eigenvalue weighted by atomic mass is 19.1. The second kappa shape index (κ2) is 9.38. The average Bonchev–Trinajstić information content (AvgIpc) is 2.79. The maximum absolute atomic E-state index is 13.7. The summed E-state index contributed by atoms with van der Waals surface area (Å²) >= 11 is 0. The zero-order valence-electron chi connectivity index (χ0n) is 18.5. The maximum Gasteiger partial charge on any atom is 0.273 e. The fourth-order valence-electron chi connectivity index (χ4n) is 4.08. The zero-order chi connectivity index (χ0) is 22.7. The third-order valence-electron chi connectivity index (χ3n) is 5.80. The number of amides is 1. The molecule has 4 heterocycles. The normalized spacial score (nSPS) is 18.4. The lowest BCUT2D eigenvalue weighted by atomic mass is 9.93. The molecular formula is C24H27FN6O. The Labute approximate surface area is 187 Å². The fourth-order valence-corrected chi connectivity index (χ4v) is 4.08. The van der Waals surface area contributed by atoms with Crippen LogP contribution in [0.5, 0.6) is 0 Å². The van der Waals surface area contributed by atoms with Gasteiger partial charge in [-0.1, -0.05) is 6.92 Å². The molecule has 0 spiro atoms. The van der Waals surface area contributed by atoms with E-state index >= 15 is 0 Å². The van der Waals surface area contributed by atoms with Crippen molar-refractivity contribution in [1.82, 2.24) is 24.8 Å². The van der Waals surface area contributed by atoms with Crippen molar-refractivity contribution in [3.8, 4) is 11.4 Å². The smallest absolute Gasteiger partial charge is 0.273 e. The number of hydrogen-bond donors (Lipinski definition) is 1. The van der Waals surface area contributed by atoms with Crippen molar-refractivity contribution in [2.75, 3.05) is 18.4 Å². The van der Waals surface area contributed by atoms with E-state index in [2.05, 4.69) is 32.2 Å². The van der Waals surface area contributed by atoms with Gasteiger partial charge in [0.15, 0.2) is 5.82 Å². The van der Waals surface area contributed by atoms with Crippen LogP contribution in [0.15, 0.2) is 42.9 Å². The van der Waals surface area contributed by atoms with Crippen molar-refractivity contribution in [3.05, 3.63) is 65.6 Å². The molecule has 1 unspecified atom stereocenters. The Bertz CT molecular complexity index is 1110. The van der Waals surface area contributed by atoms with Gasteiger partial charge < -0.3 is 10.2 Å². The zero-order valence-corrected chi connectivity index (χ0v) is 18.5. The molecule has 1 aliphatic heterocycles. The van der Waals surface area contributed by atoms with Crippen molar-refractivity contribution < 1.29 is 9.18 Å². The van der Waals surface area contributed by atoms with E-state index in [9.17, 15) is 9.18 Å². The van der Waals surface area contributed by atoms with Crippen LogP contribution >= 0.6 is 0 Å². The van der Waals surface area contributed by atoms with E-state index in [1.807, 2.05) is 30.9 Å². The number of carbonyl (C=O) groups excluding carboxylic acids is 1. The molecule has 0 aromatic carbocycles. The maximum atomic E-state index is 13.7. The number of nitrogens with one attached hydrogen (secondary N) is 1. The van der Waals surface area contributed by atoms with Gasteiger partial charge in [0.2, 0.25) is 0 Å². The van der Waals surface area contributed by atoms with E-state index in [-0.39, 0.29) is 17.8 Å². The van der Waals surface area contributed by atoms with Crippen LogP contribution in [0.2, 0.25) is 0 Å². The number of halogens is 1. The summed E-state index contributed by atoms with van der Waals surface area (Å²) in [5.74, 6) is 1.01. The van der Waals surface area contributed by atoms with Gasteiger partial charge >= 0.3 is 0 Å². The van der Waals surface area contributed by atoms with Crippen LogP contribution in [0, 0.1) is 25.6 Å². The Hall–Kier alpha value is -3.42. The van der Waals surface area contributed by atoms with Gasteiger partial charge in [-0.15, -0.1) is 0 Å². The SMILES string of the molecule is Cc1ccc(-c2ncccn2)c(C(=O)N2C[C@@H](C)CCC2CNc2ncc(F)cc2C)n1. The van der Waals surface area contributed by atoms with E-state index in [1.54, 1.807) is 18.5 Å². The van der Waals surface area contributed by atoms with Crippen molar-refractivity contribution in [1.29, 1.82) is 0 Å². The molecule has 0 radical (unpaired) electrons. The molecule has 0 aliphatic carbocycles. The molecule has 32 heavy (non-hydrogen) atoms. The number of anilines is 1. The van der Waals surface area contributed by atoms with Crippen LogP contribution in [0.4, 0.5) is 10.2 Å². The first-order chi connectivity index (χ1) is 15.4. The van der Waals surface area contributed by atoms with Crippen molar-refractivity contribution in [2.24, 2.45) is 5.92 Å². The van der Waals surface area contributed by atoms with Crippen LogP contribution in [0.25, 0.3) is 11.4 Å². The Kier molecular flexibility index (Phi) is 6.39. The molecule has 8 heteroatoms. The Morgan fingerprint density at radius 1 is 1.19 bits per heavy atom. The molecule has 0 saturated carbocycles. The van der Waals surface area contributed by atoms with Crippen molar-refractivity contribution in [3.63, 3.8) is 0 Å². The average molecular weight is 435 g/mol. The number of nitrogens with zero attached hydrogens (tertiary/aromatic N) is 5. The highest BCUT2D eigenvalue weighted by Gasteiger charge is 2.33. The number of aryl methyl sites for hydroxylation is 2. The van der Waals surface area contributed by atoms with Gasteiger partial charge in [0.05, 0.1) is 11.8 Å². The van der Waals surface area contributed by atoms with Crippen LogP contribution in [-0.2, 0) is 0 Å². The number of piperidine rings is 1. The van der Waals surface area contributed by atoms with Crippen LogP contribution in [-0.4, -0.2) is 49.9 Å². The molecule has 3 aromatic rings. The molecule has 2 atom stereocenters. The third kappa shape index (κ3) is 4.74. The quantitative estimate of drug-likeness (QED) is 0.652. The van der Waals surface area contributed by atoms with Crippen LogP contribution < -0.4 is 5.32 Å². The van der Waals surface area contributed by atoms with E-state index in [0.29, 0.717) is 41.9 Å². The number of aromatic nitrogens is 4. The predicted molar refractivity (Wildman–Crippen MR) is 121 cm³/mol. The van der Waals surface area contributed by atoms with Crippen molar-refractivity contribution in [2.45, 2.75) is 39.7 Å². The topological polar surface area (TPSA) is 83.9 Å². The molecule has 4 rings (SSSR count). The number of likely N-dealkylation sites (tertiary alicyclic amines) is 1. The molecule has 1 saturated heterocycles. The van der Waals surface area contributed by atoms with Gasteiger partial charge in [-0.2, -0.15) is 0 Å². The van der Waals surface area contributed by atoms with Crippen LogP contribution in [0.3, 0.4) is 0 Å². The molecular weight excluding hydrogens is 407 g/mol. The Morgan fingerprint density at radius 2 is 1.97 bits per heavy atom. The largest absolute Gasteiger partial charge is 0.368 e. The van der Waals surface area contributed by atoms with E-state index < -0.39 is 0 Å². The minimum atomic E-state index is -0.363. The van der Waals surface area contributed by atoms with Gasteiger partial charge in [-0.3, -0.25) is 4.79 Å². The number of pyridine rings is 2.